The number of hydrogen-bond acceptors (Lipinski definition) is 3. The molecule has 0 aliphatic carbocycles. The molecular weight excluding hydrogens is 399 g/mol. The number of halogens is 3. The molecule has 0 bridgehead atoms. The van der Waals surface area contributed by atoms with E-state index in [1.165, 1.54) is 24.3 Å². The fourth-order valence-corrected chi connectivity index (χ4v) is 2.55. The lowest BCUT2D eigenvalue weighted by Gasteiger charge is -2.13. The number of hydrogen-bond donors (Lipinski definition) is 3. The van der Waals surface area contributed by atoms with Crippen LogP contribution in [-0.2, 0) is 15.8 Å². The highest BCUT2D eigenvalue weighted by Gasteiger charge is 2.30. The van der Waals surface area contributed by atoms with Gasteiger partial charge in [0.2, 0.25) is 11.8 Å². The first-order valence-electron chi connectivity index (χ1n) is 9.35. The van der Waals surface area contributed by atoms with Crippen LogP contribution in [0.25, 0.3) is 0 Å². The first kappa shape index (κ1) is 22.9. The van der Waals surface area contributed by atoms with Crippen LogP contribution in [0.15, 0.2) is 48.5 Å². The third-order valence-corrected chi connectivity index (χ3v) is 4.04. The summed E-state index contributed by atoms with van der Waals surface area (Å²) in [6.45, 7) is 2.44. The lowest BCUT2D eigenvalue weighted by molar-refractivity contribution is -0.137. The van der Waals surface area contributed by atoms with E-state index in [0.29, 0.717) is 6.54 Å². The highest BCUT2D eigenvalue weighted by atomic mass is 19.4. The molecule has 9 heteroatoms. The maximum Gasteiger partial charge on any atom is 0.416 e. The number of rotatable bonds is 8. The summed E-state index contributed by atoms with van der Waals surface area (Å²) in [5, 5.41) is 7.63. The summed E-state index contributed by atoms with van der Waals surface area (Å²) >= 11 is 0. The second kappa shape index (κ2) is 10.4. The van der Waals surface area contributed by atoms with Gasteiger partial charge in [0.05, 0.1) is 16.8 Å². The summed E-state index contributed by atoms with van der Waals surface area (Å²) in [4.78, 5) is 36.3. The summed E-state index contributed by atoms with van der Waals surface area (Å²) in [6, 6.07) is 10.4. The molecule has 0 heterocycles. The summed E-state index contributed by atoms with van der Waals surface area (Å²) in [6.07, 6.45) is -3.81. The van der Waals surface area contributed by atoms with E-state index in [0.717, 1.165) is 18.6 Å². The molecule has 0 unspecified atom stereocenters. The Morgan fingerprint density at radius 1 is 0.900 bits per heavy atom. The molecule has 3 amide bonds. The van der Waals surface area contributed by atoms with Crippen molar-refractivity contribution in [2.45, 2.75) is 32.4 Å². The van der Waals surface area contributed by atoms with Crippen LogP contribution < -0.4 is 16.0 Å². The van der Waals surface area contributed by atoms with Gasteiger partial charge in [-0.2, -0.15) is 13.2 Å². The maximum absolute atomic E-state index is 12.8. The Hall–Kier alpha value is -3.36. The van der Waals surface area contributed by atoms with Gasteiger partial charge in [-0.25, -0.2) is 0 Å². The van der Waals surface area contributed by atoms with Crippen molar-refractivity contribution in [3.05, 3.63) is 59.7 Å². The van der Waals surface area contributed by atoms with Gasteiger partial charge in [-0.15, -0.1) is 0 Å². The average Bonchev–Trinajstić information content (AvgIpc) is 2.70. The molecule has 30 heavy (non-hydrogen) atoms. The number of carbonyl (C=O) groups is 3. The molecule has 2 aromatic rings. The van der Waals surface area contributed by atoms with Gasteiger partial charge in [0, 0.05) is 25.1 Å². The Kier molecular flexibility index (Phi) is 7.97. The predicted octanol–water partition coefficient (Wildman–Crippen LogP) is 4.20. The van der Waals surface area contributed by atoms with Gasteiger partial charge in [-0.05, 0) is 36.8 Å². The van der Waals surface area contributed by atoms with Gasteiger partial charge in [0.1, 0.15) is 0 Å². The van der Waals surface area contributed by atoms with Crippen molar-refractivity contribution in [3.63, 3.8) is 0 Å². The van der Waals surface area contributed by atoms with Crippen LogP contribution in [0.4, 0.5) is 24.5 Å². The summed E-state index contributed by atoms with van der Waals surface area (Å²) in [5.41, 5.74) is -0.633. The van der Waals surface area contributed by atoms with Crippen molar-refractivity contribution >= 4 is 29.1 Å². The van der Waals surface area contributed by atoms with E-state index < -0.39 is 23.6 Å². The minimum absolute atomic E-state index is 0.00440. The van der Waals surface area contributed by atoms with Gasteiger partial charge in [-0.1, -0.05) is 25.1 Å². The molecule has 0 aromatic heterocycles. The minimum Gasteiger partial charge on any atom is -0.356 e. The van der Waals surface area contributed by atoms with Crippen LogP contribution in [-0.4, -0.2) is 24.3 Å². The Morgan fingerprint density at radius 2 is 1.60 bits per heavy atom. The van der Waals surface area contributed by atoms with Gasteiger partial charge in [-0.3, -0.25) is 14.4 Å². The number of para-hydroxylation sites is 1. The molecule has 0 saturated carbocycles. The molecule has 6 nitrogen and oxygen atoms in total. The SMILES string of the molecule is CCCNC(=O)CCC(=O)Nc1ccccc1C(=O)Nc1cccc(C(F)(F)F)c1. The van der Waals surface area contributed by atoms with E-state index in [2.05, 4.69) is 16.0 Å². The first-order chi connectivity index (χ1) is 14.2. The van der Waals surface area contributed by atoms with Crippen LogP contribution in [0.2, 0.25) is 0 Å². The predicted molar refractivity (Wildman–Crippen MR) is 107 cm³/mol. The summed E-state index contributed by atoms with van der Waals surface area (Å²) < 4.78 is 38.5. The molecule has 2 rings (SSSR count). The molecular formula is C21H22F3N3O3. The highest BCUT2D eigenvalue weighted by molar-refractivity contribution is 6.10. The summed E-state index contributed by atoms with van der Waals surface area (Å²) in [7, 11) is 0. The second-order valence-electron chi connectivity index (χ2n) is 6.48. The maximum atomic E-state index is 12.8. The fraction of sp³-hybridized carbons (Fsp3) is 0.286. The van der Waals surface area contributed by atoms with E-state index in [1.54, 1.807) is 12.1 Å². The molecule has 160 valence electrons. The van der Waals surface area contributed by atoms with Crippen LogP contribution in [0, 0.1) is 0 Å². The Labute approximate surface area is 171 Å². The molecule has 0 saturated heterocycles. The molecule has 2 aromatic carbocycles. The molecule has 3 N–H and O–H groups in total. The van der Waals surface area contributed by atoms with E-state index >= 15 is 0 Å². The number of carbonyl (C=O) groups excluding carboxylic acids is 3. The van der Waals surface area contributed by atoms with Gasteiger partial charge >= 0.3 is 6.18 Å². The molecule has 0 aliphatic heterocycles. The zero-order valence-electron chi connectivity index (χ0n) is 16.3. The van der Waals surface area contributed by atoms with E-state index in [9.17, 15) is 27.6 Å². The average molecular weight is 421 g/mol. The fourth-order valence-electron chi connectivity index (χ4n) is 2.55. The molecule has 0 atom stereocenters. The van der Waals surface area contributed by atoms with E-state index in [-0.39, 0.29) is 35.7 Å². The van der Waals surface area contributed by atoms with Crippen molar-refractivity contribution in [3.8, 4) is 0 Å². The number of amides is 3. The standard InChI is InChI=1S/C21H22F3N3O3/c1-2-12-25-18(28)10-11-19(29)27-17-9-4-3-8-16(17)20(30)26-15-7-5-6-14(13-15)21(22,23)24/h3-9,13H,2,10-12H2,1H3,(H,25,28)(H,26,30)(H,27,29). The largest absolute Gasteiger partial charge is 0.416 e. The van der Waals surface area contributed by atoms with Crippen LogP contribution >= 0.6 is 0 Å². The minimum atomic E-state index is -4.53. The number of nitrogens with one attached hydrogen (secondary N) is 3. The van der Waals surface area contributed by atoms with Crippen LogP contribution in [0.3, 0.4) is 0 Å². The second-order valence-corrected chi connectivity index (χ2v) is 6.48. The third-order valence-electron chi connectivity index (χ3n) is 4.04. The normalized spacial score (nSPS) is 10.9. The van der Waals surface area contributed by atoms with Crippen molar-refractivity contribution in [2.75, 3.05) is 17.2 Å². The molecule has 0 fully saturated rings. The van der Waals surface area contributed by atoms with Crippen molar-refractivity contribution < 1.29 is 27.6 Å². The monoisotopic (exact) mass is 421 g/mol. The molecule has 0 aliphatic rings. The Morgan fingerprint density at radius 3 is 2.30 bits per heavy atom. The van der Waals surface area contributed by atoms with Crippen molar-refractivity contribution in [1.82, 2.24) is 5.32 Å². The Bertz CT molecular complexity index is 914. The highest BCUT2D eigenvalue weighted by Crippen LogP contribution is 2.31. The Balaban J connectivity index is 2.05. The van der Waals surface area contributed by atoms with Crippen molar-refractivity contribution in [1.29, 1.82) is 0 Å². The van der Waals surface area contributed by atoms with E-state index in [4.69, 9.17) is 0 Å². The number of benzene rings is 2. The summed E-state index contributed by atoms with van der Waals surface area (Å²) in [5.74, 6) is -1.38. The number of anilines is 2. The topological polar surface area (TPSA) is 87.3 Å². The van der Waals surface area contributed by atoms with Gasteiger partial charge in [0.25, 0.3) is 5.91 Å². The first-order valence-corrected chi connectivity index (χ1v) is 9.35. The zero-order chi connectivity index (χ0) is 22.1. The lowest BCUT2D eigenvalue weighted by atomic mass is 10.1. The lowest BCUT2D eigenvalue weighted by Crippen LogP contribution is -2.25. The third kappa shape index (κ3) is 6.91. The zero-order valence-corrected chi connectivity index (χ0v) is 16.3. The number of alkyl halides is 3. The smallest absolute Gasteiger partial charge is 0.356 e. The van der Waals surface area contributed by atoms with Gasteiger partial charge < -0.3 is 16.0 Å². The van der Waals surface area contributed by atoms with Crippen molar-refractivity contribution in [2.24, 2.45) is 0 Å². The van der Waals surface area contributed by atoms with Crippen LogP contribution in [0.5, 0.6) is 0 Å². The van der Waals surface area contributed by atoms with E-state index in [1.807, 2.05) is 6.92 Å². The van der Waals surface area contributed by atoms with Crippen LogP contribution in [0.1, 0.15) is 42.1 Å². The molecule has 0 spiro atoms. The van der Waals surface area contributed by atoms with Gasteiger partial charge in [0.15, 0.2) is 0 Å². The quantitative estimate of drug-likeness (QED) is 0.597. The molecule has 0 radical (unpaired) electrons.